The van der Waals surface area contributed by atoms with Crippen LogP contribution in [-0.2, 0) is 4.74 Å². The van der Waals surface area contributed by atoms with Gasteiger partial charge in [-0.25, -0.2) is 0 Å². The van der Waals surface area contributed by atoms with Crippen LogP contribution in [0.4, 0.5) is 11.4 Å². The molecule has 2 aromatic carbocycles. The number of rotatable bonds is 11. The smallest absolute Gasteiger partial charge is 0.135 e. The Kier molecular flexibility index (Phi) is 7.81. The average molecular weight is 417 g/mol. The van der Waals surface area contributed by atoms with E-state index in [1.165, 1.54) is 20.3 Å². The van der Waals surface area contributed by atoms with Crippen LogP contribution in [0.3, 0.4) is 0 Å². The van der Waals surface area contributed by atoms with Gasteiger partial charge in [-0.3, -0.25) is 10.7 Å². The van der Waals surface area contributed by atoms with Crippen molar-refractivity contribution in [3.8, 4) is 11.5 Å². The van der Waals surface area contributed by atoms with E-state index >= 15 is 0 Å². The van der Waals surface area contributed by atoms with Crippen LogP contribution < -0.4 is 15.0 Å². The van der Waals surface area contributed by atoms with Crippen LogP contribution in [0.2, 0.25) is 0 Å². The van der Waals surface area contributed by atoms with Crippen molar-refractivity contribution in [3.63, 3.8) is 0 Å². The lowest BCUT2D eigenvalue weighted by Gasteiger charge is -2.34. The molecule has 0 fully saturated rings. The van der Waals surface area contributed by atoms with Gasteiger partial charge in [0, 0.05) is 17.6 Å². The average Bonchev–Trinajstić information content (AvgIpc) is 2.74. The van der Waals surface area contributed by atoms with Gasteiger partial charge in [0.1, 0.15) is 17.2 Å². The third-order valence-electron chi connectivity index (χ3n) is 5.31. The molecule has 2 aromatic rings. The predicted molar refractivity (Wildman–Crippen MR) is 120 cm³/mol. The highest BCUT2D eigenvalue weighted by Gasteiger charge is 2.34. The van der Waals surface area contributed by atoms with E-state index in [2.05, 4.69) is 31.1 Å². The Balaban J connectivity index is 2.86. The number of ether oxygens (including phenoxy) is 3. The molecule has 2 N–H and O–H groups in total. The Morgan fingerprint density at radius 3 is 2.43 bits per heavy atom. The molecular formula is C23H32N2O5. The first-order chi connectivity index (χ1) is 14.2. The van der Waals surface area contributed by atoms with E-state index in [-0.39, 0.29) is 5.69 Å². The minimum atomic E-state index is -0.440. The minimum Gasteiger partial charge on any atom is -0.496 e. The van der Waals surface area contributed by atoms with Crippen LogP contribution in [0.5, 0.6) is 11.5 Å². The predicted octanol–water partition coefficient (Wildman–Crippen LogP) is 6.37. The summed E-state index contributed by atoms with van der Waals surface area (Å²) in [4.78, 5) is 11.6. The fourth-order valence-corrected chi connectivity index (χ4v) is 3.48. The van der Waals surface area contributed by atoms with E-state index in [1.807, 2.05) is 26.0 Å². The number of methoxy groups -OCH3 is 2. The lowest BCUT2D eigenvalue weighted by atomic mass is 9.81. The molecule has 0 heterocycles. The van der Waals surface area contributed by atoms with Crippen molar-refractivity contribution in [2.24, 2.45) is 16.5 Å². The third-order valence-corrected chi connectivity index (χ3v) is 5.31. The Labute approximate surface area is 178 Å². The molecule has 0 saturated carbocycles. The number of hydrogen-bond acceptors (Lipinski definition) is 7. The third kappa shape index (κ3) is 4.57. The van der Waals surface area contributed by atoms with Crippen molar-refractivity contribution in [3.05, 3.63) is 41.3 Å². The van der Waals surface area contributed by atoms with E-state index in [1.54, 1.807) is 6.07 Å². The highest BCUT2D eigenvalue weighted by Crippen LogP contribution is 2.50. The zero-order valence-electron chi connectivity index (χ0n) is 18.6. The van der Waals surface area contributed by atoms with Crippen molar-refractivity contribution in [1.29, 1.82) is 0 Å². The molecule has 164 valence electrons. The molecule has 7 heteroatoms. The number of nitroso groups, excluding NO2 is 1. The summed E-state index contributed by atoms with van der Waals surface area (Å²) in [6, 6.07) is 4.90. The maximum Gasteiger partial charge on any atom is 0.135 e. The minimum absolute atomic E-state index is 0.179. The Bertz CT molecular complexity index is 908. The van der Waals surface area contributed by atoms with Crippen molar-refractivity contribution >= 4 is 22.1 Å². The molecule has 7 nitrogen and oxygen atoms in total. The number of anilines is 1. The van der Waals surface area contributed by atoms with E-state index in [4.69, 9.17) is 14.2 Å². The van der Waals surface area contributed by atoms with Gasteiger partial charge < -0.3 is 14.2 Å². The summed E-state index contributed by atoms with van der Waals surface area (Å²) >= 11 is 0. The van der Waals surface area contributed by atoms with Crippen molar-refractivity contribution in [1.82, 2.24) is 0 Å². The quantitative estimate of drug-likeness (QED) is 0.251. The van der Waals surface area contributed by atoms with Gasteiger partial charge in [-0.05, 0) is 35.7 Å². The van der Waals surface area contributed by atoms with Crippen LogP contribution in [0.15, 0.2) is 36.0 Å². The van der Waals surface area contributed by atoms with Crippen LogP contribution in [0.1, 0.15) is 45.8 Å². The molecule has 2 rings (SSSR count). The Morgan fingerprint density at radius 1 is 1.23 bits per heavy atom. The van der Waals surface area contributed by atoms with Gasteiger partial charge in [-0.1, -0.05) is 33.8 Å². The molecular weight excluding hydrogens is 384 g/mol. The fourth-order valence-electron chi connectivity index (χ4n) is 3.48. The molecule has 0 amide bonds. The molecule has 0 saturated heterocycles. The van der Waals surface area contributed by atoms with Crippen molar-refractivity contribution in [2.45, 2.75) is 40.2 Å². The van der Waals surface area contributed by atoms with Gasteiger partial charge in [-0.15, -0.1) is 11.5 Å². The lowest BCUT2D eigenvalue weighted by molar-refractivity contribution is -0.0132. The second-order valence-corrected chi connectivity index (χ2v) is 8.25. The summed E-state index contributed by atoms with van der Waals surface area (Å²) in [6.45, 7) is 12.9. The van der Waals surface area contributed by atoms with Gasteiger partial charge in [0.2, 0.25) is 0 Å². The normalized spacial score (nSPS) is 12.7. The molecule has 0 aromatic heterocycles. The summed E-state index contributed by atoms with van der Waals surface area (Å²) in [5.41, 5.74) is 2.99. The van der Waals surface area contributed by atoms with E-state index in [9.17, 15) is 10.1 Å². The highest BCUT2D eigenvalue weighted by atomic mass is 16.5. The van der Waals surface area contributed by atoms with Crippen LogP contribution in [0.25, 0.3) is 10.8 Å². The number of hydrogen-bond donors (Lipinski definition) is 2. The van der Waals surface area contributed by atoms with Gasteiger partial charge >= 0.3 is 0 Å². The zero-order valence-corrected chi connectivity index (χ0v) is 18.6. The molecule has 0 bridgehead atoms. The zero-order chi connectivity index (χ0) is 22.5. The molecule has 0 aliphatic carbocycles. The van der Waals surface area contributed by atoms with Crippen molar-refractivity contribution in [2.75, 3.05) is 26.3 Å². The first-order valence-electron chi connectivity index (χ1n) is 9.95. The maximum atomic E-state index is 11.6. The molecule has 1 atom stereocenters. The second kappa shape index (κ2) is 9.91. The summed E-state index contributed by atoms with van der Waals surface area (Å²) in [5, 5.41) is 13.7. The van der Waals surface area contributed by atoms with Crippen LogP contribution in [0, 0.1) is 16.2 Å². The SMILES string of the molecule is C=CC(C)(C)C(OCCC(C)C)c1cc(OC)c2c(NO)ccc(N=O)c2c1OC. The topological polar surface area (TPSA) is 89.4 Å². The molecule has 0 aliphatic heterocycles. The largest absolute Gasteiger partial charge is 0.496 e. The van der Waals surface area contributed by atoms with Crippen LogP contribution >= 0.6 is 0 Å². The first kappa shape index (κ1) is 23.6. The number of nitrogens with one attached hydrogen (secondary N) is 1. The van der Waals surface area contributed by atoms with E-state index in [0.717, 1.165) is 12.0 Å². The molecule has 0 aliphatic rings. The molecule has 1 unspecified atom stereocenters. The summed E-state index contributed by atoms with van der Waals surface area (Å²) in [6.07, 6.45) is 2.33. The maximum absolute atomic E-state index is 11.6. The summed E-state index contributed by atoms with van der Waals surface area (Å²) in [7, 11) is 3.06. The fraction of sp³-hybridized carbons (Fsp3) is 0.478. The van der Waals surface area contributed by atoms with E-state index in [0.29, 0.717) is 40.5 Å². The number of nitrogens with zero attached hydrogens (tertiary/aromatic N) is 1. The monoisotopic (exact) mass is 416 g/mol. The van der Waals surface area contributed by atoms with Gasteiger partial charge in [0.25, 0.3) is 0 Å². The summed E-state index contributed by atoms with van der Waals surface area (Å²) < 4.78 is 17.7. The highest BCUT2D eigenvalue weighted by molar-refractivity contribution is 6.08. The second-order valence-electron chi connectivity index (χ2n) is 8.25. The van der Waals surface area contributed by atoms with Crippen LogP contribution in [-0.4, -0.2) is 26.0 Å². The van der Waals surface area contributed by atoms with Gasteiger partial charge in [0.05, 0.1) is 36.8 Å². The molecule has 0 radical (unpaired) electrons. The molecule has 0 spiro atoms. The Morgan fingerprint density at radius 2 is 1.93 bits per heavy atom. The first-order valence-corrected chi connectivity index (χ1v) is 9.95. The Hall–Kier alpha value is -2.64. The molecule has 30 heavy (non-hydrogen) atoms. The van der Waals surface area contributed by atoms with Gasteiger partial charge in [-0.2, -0.15) is 0 Å². The number of benzene rings is 2. The standard InChI is InChI=1S/C23H32N2O5/c1-8-23(4,5)22(30-12-11-14(2)3)15-13-18(28-6)19-16(24-26)9-10-17(25-27)20(19)21(15)29-7/h8-10,13-14,22,24,26H,1,11-12H2,2-7H3. The summed E-state index contributed by atoms with van der Waals surface area (Å²) in [5.74, 6) is 1.40. The number of fused-ring (bicyclic) bond motifs is 1. The van der Waals surface area contributed by atoms with E-state index < -0.39 is 11.5 Å². The van der Waals surface area contributed by atoms with Crippen molar-refractivity contribution < 1.29 is 19.4 Å². The lowest BCUT2D eigenvalue weighted by Crippen LogP contribution is -2.24. The van der Waals surface area contributed by atoms with Gasteiger partial charge in [0.15, 0.2) is 0 Å².